The molecule has 2 aromatic rings. The van der Waals surface area contributed by atoms with Crippen molar-refractivity contribution in [2.24, 2.45) is 11.3 Å². The number of H-pyrrole nitrogens is 1. The van der Waals surface area contributed by atoms with Gasteiger partial charge in [-0.3, -0.25) is 0 Å². The summed E-state index contributed by atoms with van der Waals surface area (Å²) in [4.78, 5) is 3.21. The number of aromatic amines is 1. The summed E-state index contributed by atoms with van der Waals surface area (Å²) < 4.78 is 17.3. The van der Waals surface area contributed by atoms with Gasteiger partial charge in [0, 0.05) is 12.6 Å². The van der Waals surface area contributed by atoms with Crippen molar-refractivity contribution in [1.82, 2.24) is 9.55 Å². The van der Waals surface area contributed by atoms with Crippen LogP contribution in [0.2, 0.25) is 0 Å². The second-order valence-electron chi connectivity index (χ2n) is 5.94. The van der Waals surface area contributed by atoms with Crippen LogP contribution in [0.5, 0.6) is 0 Å². The van der Waals surface area contributed by atoms with Crippen molar-refractivity contribution < 1.29 is 4.39 Å². The zero-order valence-corrected chi connectivity index (χ0v) is 13.4. The van der Waals surface area contributed by atoms with Crippen LogP contribution in [0.4, 0.5) is 4.39 Å². The molecule has 2 fully saturated rings. The van der Waals surface area contributed by atoms with Gasteiger partial charge in [-0.2, -0.15) is 0 Å². The number of fused-ring (bicyclic) bond motifs is 1. The molecular weight excluding hydrogens is 374 g/mol. The highest BCUT2D eigenvalue weighted by Crippen LogP contribution is 2.62. The molecule has 1 aromatic heterocycles. The van der Waals surface area contributed by atoms with Crippen molar-refractivity contribution in [1.29, 1.82) is 0 Å². The van der Waals surface area contributed by atoms with Gasteiger partial charge in [-0.05, 0) is 77.9 Å². The van der Waals surface area contributed by atoms with E-state index in [1.54, 1.807) is 6.07 Å². The molecule has 0 saturated heterocycles. The summed E-state index contributed by atoms with van der Waals surface area (Å²) in [5, 5.41) is 0. The fourth-order valence-corrected chi connectivity index (χ4v) is 3.92. The van der Waals surface area contributed by atoms with Crippen molar-refractivity contribution in [2.45, 2.75) is 32.2 Å². The maximum absolute atomic E-state index is 13.8. The fourth-order valence-electron chi connectivity index (χ4n) is 3.18. The highest BCUT2D eigenvalue weighted by atomic mass is 127. The Morgan fingerprint density at radius 2 is 2.16 bits per heavy atom. The summed E-state index contributed by atoms with van der Waals surface area (Å²) in [7, 11) is 0. The molecule has 2 aliphatic carbocycles. The molecule has 0 spiro atoms. The number of rotatable bonds is 3. The summed E-state index contributed by atoms with van der Waals surface area (Å²) in [6, 6.07) is 3.46. The third-order valence-corrected chi connectivity index (χ3v) is 5.77. The van der Waals surface area contributed by atoms with Crippen LogP contribution in [-0.4, -0.2) is 9.55 Å². The highest BCUT2D eigenvalue weighted by molar-refractivity contribution is 14.1. The minimum absolute atomic E-state index is 0.160. The van der Waals surface area contributed by atoms with Gasteiger partial charge in [0.25, 0.3) is 0 Å². The van der Waals surface area contributed by atoms with Gasteiger partial charge >= 0.3 is 0 Å². The molecule has 0 aliphatic heterocycles. The number of hydrogen-bond donors (Lipinski definition) is 1. The summed E-state index contributed by atoms with van der Waals surface area (Å²) in [5.74, 6) is 0.722. The molecule has 0 radical (unpaired) electrons. The summed E-state index contributed by atoms with van der Waals surface area (Å²) in [5.41, 5.74) is 2.32. The summed E-state index contributed by atoms with van der Waals surface area (Å²) in [6.07, 6.45) is 5.34. The van der Waals surface area contributed by atoms with Gasteiger partial charge in [0.1, 0.15) is 5.82 Å². The third kappa shape index (κ3) is 1.96. The molecule has 0 unspecified atom stereocenters. The van der Waals surface area contributed by atoms with E-state index in [4.69, 9.17) is 12.2 Å². The second kappa shape index (κ2) is 4.04. The standard InChI is InChI=1S/C14H14FIN2S/c15-9-5-12-11(6-10(9)16)17-13(19)18(12)7-14(3-4-14)8-1-2-8/h5-6,8H,1-4,7H2,(H,17,19). The first-order valence-corrected chi connectivity index (χ1v) is 8.15. The maximum atomic E-state index is 13.8. The number of imidazole rings is 1. The molecule has 5 heteroatoms. The van der Waals surface area contributed by atoms with E-state index in [9.17, 15) is 4.39 Å². The lowest BCUT2D eigenvalue weighted by Crippen LogP contribution is -2.13. The van der Waals surface area contributed by atoms with E-state index in [2.05, 4.69) is 9.55 Å². The van der Waals surface area contributed by atoms with Crippen LogP contribution in [0.3, 0.4) is 0 Å². The lowest BCUT2D eigenvalue weighted by molar-refractivity contribution is 0.373. The molecular formula is C14H14FIN2S. The van der Waals surface area contributed by atoms with Gasteiger partial charge in [0.05, 0.1) is 14.6 Å². The van der Waals surface area contributed by atoms with Crippen LogP contribution >= 0.6 is 34.8 Å². The minimum atomic E-state index is -0.160. The molecule has 1 aromatic carbocycles. The van der Waals surface area contributed by atoms with E-state index in [1.165, 1.54) is 25.7 Å². The van der Waals surface area contributed by atoms with Crippen LogP contribution in [0, 0.1) is 25.5 Å². The van der Waals surface area contributed by atoms with Gasteiger partial charge in [0.15, 0.2) is 4.77 Å². The zero-order chi connectivity index (χ0) is 13.2. The van der Waals surface area contributed by atoms with Crippen molar-refractivity contribution in [3.05, 3.63) is 26.3 Å². The van der Waals surface area contributed by atoms with Crippen LogP contribution in [-0.2, 0) is 6.54 Å². The van der Waals surface area contributed by atoms with Gasteiger partial charge in [0.2, 0.25) is 0 Å². The molecule has 19 heavy (non-hydrogen) atoms. The molecule has 4 rings (SSSR count). The number of aromatic nitrogens is 2. The Morgan fingerprint density at radius 3 is 2.79 bits per heavy atom. The molecule has 2 aliphatic rings. The van der Waals surface area contributed by atoms with E-state index in [0.717, 1.165) is 28.3 Å². The molecule has 100 valence electrons. The van der Waals surface area contributed by atoms with Crippen molar-refractivity contribution in [3.8, 4) is 0 Å². The lowest BCUT2D eigenvalue weighted by Gasteiger charge is -2.15. The number of nitrogens with one attached hydrogen (secondary N) is 1. The SMILES string of the molecule is Fc1cc2c(cc1I)[nH]c(=S)n2CC1(C2CC2)CC1. The monoisotopic (exact) mass is 388 g/mol. The molecule has 0 amide bonds. The number of benzene rings is 1. The van der Waals surface area contributed by atoms with Crippen LogP contribution < -0.4 is 0 Å². The van der Waals surface area contributed by atoms with E-state index >= 15 is 0 Å². The lowest BCUT2D eigenvalue weighted by atomic mass is 10.0. The topological polar surface area (TPSA) is 20.7 Å². The first-order chi connectivity index (χ1) is 9.09. The van der Waals surface area contributed by atoms with Crippen molar-refractivity contribution in [2.75, 3.05) is 0 Å². The molecule has 1 N–H and O–H groups in total. The predicted molar refractivity (Wildman–Crippen MR) is 84.2 cm³/mol. The normalized spacial score (nSPS) is 20.9. The Bertz CT molecular complexity index is 725. The Kier molecular flexibility index (Phi) is 2.62. The molecule has 0 atom stereocenters. The number of hydrogen-bond acceptors (Lipinski definition) is 1. The average Bonchev–Trinajstić information content (AvgIpc) is 3.24. The predicted octanol–water partition coefficient (Wildman–Crippen LogP) is 4.63. The highest BCUT2D eigenvalue weighted by Gasteiger charge is 2.53. The Labute approximate surface area is 129 Å². The zero-order valence-electron chi connectivity index (χ0n) is 10.4. The number of halogens is 2. The van der Waals surface area contributed by atoms with Crippen LogP contribution in [0.25, 0.3) is 11.0 Å². The molecule has 2 nitrogen and oxygen atoms in total. The first kappa shape index (κ1) is 12.3. The Morgan fingerprint density at radius 1 is 1.42 bits per heavy atom. The van der Waals surface area contributed by atoms with Crippen molar-refractivity contribution in [3.63, 3.8) is 0 Å². The van der Waals surface area contributed by atoms with E-state index in [0.29, 0.717) is 8.99 Å². The van der Waals surface area contributed by atoms with E-state index < -0.39 is 0 Å². The van der Waals surface area contributed by atoms with E-state index in [1.807, 2.05) is 28.7 Å². The van der Waals surface area contributed by atoms with Crippen molar-refractivity contribution >= 4 is 45.8 Å². The quantitative estimate of drug-likeness (QED) is 0.601. The summed E-state index contributed by atoms with van der Waals surface area (Å²) >= 11 is 7.44. The van der Waals surface area contributed by atoms with Gasteiger partial charge in [-0.15, -0.1) is 0 Å². The van der Waals surface area contributed by atoms with E-state index in [-0.39, 0.29) is 5.82 Å². The maximum Gasteiger partial charge on any atom is 0.178 e. The Hall–Kier alpha value is -0.430. The third-order valence-electron chi connectivity index (χ3n) is 4.62. The Balaban J connectivity index is 1.82. The first-order valence-electron chi connectivity index (χ1n) is 6.67. The molecule has 1 heterocycles. The smallest absolute Gasteiger partial charge is 0.178 e. The molecule has 2 saturated carbocycles. The van der Waals surface area contributed by atoms with Crippen LogP contribution in [0.15, 0.2) is 12.1 Å². The second-order valence-corrected chi connectivity index (χ2v) is 7.49. The average molecular weight is 388 g/mol. The number of nitrogens with zero attached hydrogens (tertiary/aromatic N) is 1. The van der Waals surface area contributed by atoms with Gasteiger partial charge in [-0.1, -0.05) is 0 Å². The largest absolute Gasteiger partial charge is 0.331 e. The van der Waals surface area contributed by atoms with Gasteiger partial charge < -0.3 is 9.55 Å². The fraction of sp³-hybridized carbons (Fsp3) is 0.500. The van der Waals surface area contributed by atoms with Crippen LogP contribution in [0.1, 0.15) is 25.7 Å². The molecule has 0 bridgehead atoms. The van der Waals surface area contributed by atoms with Gasteiger partial charge in [-0.25, -0.2) is 4.39 Å². The minimum Gasteiger partial charge on any atom is -0.331 e. The summed E-state index contributed by atoms with van der Waals surface area (Å²) in [6.45, 7) is 0.955.